The summed E-state index contributed by atoms with van der Waals surface area (Å²) in [6.07, 6.45) is 4.50. The summed E-state index contributed by atoms with van der Waals surface area (Å²) < 4.78 is 5.33. The normalized spacial score (nSPS) is 36.3. The van der Waals surface area contributed by atoms with Crippen molar-refractivity contribution in [3.8, 4) is 0 Å². The first kappa shape index (κ1) is 13.3. The minimum Gasteiger partial charge on any atom is -0.481 e. The van der Waals surface area contributed by atoms with Crippen molar-refractivity contribution >= 4 is 11.9 Å². The fourth-order valence-electron chi connectivity index (χ4n) is 2.87. The third-order valence-corrected chi connectivity index (χ3v) is 4.24. The van der Waals surface area contributed by atoms with Crippen molar-refractivity contribution in [1.29, 1.82) is 0 Å². The van der Waals surface area contributed by atoms with Gasteiger partial charge in [0.15, 0.2) is 0 Å². The quantitative estimate of drug-likeness (QED) is 0.797. The molecule has 1 aliphatic heterocycles. The summed E-state index contributed by atoms with van der Waals surface area (Å²) in [6, 6.07) is -0.277. The van der Waals surface area contributed by atoms with Crippen LogP contribution in [0, 0.1) is 5.41 Å². The highest BCUT2D eigenvalue weighted by molar-refractivity contribution is 5.83. The fraction of sp³-hybridized carbons (Fsp3) is 0.846. The molecule has 5 nitrogen and oxygen atoms in total. The van der Waals surface area contributed by atoms with Crippen LogP contribution in [0.4, 0.5) is 0 Å². The lowest BCUT2D eigenvalue weighted by Crippen LogP contribution is -2.54. The summed E-state index contributed by atoms with van der Waals surface area (Å²) in [6.45, 7) is 2.36. The Kier molecular flexibility index (Phi) is 3.90. The van der Waals surface area contributed by atoms with Crippen LogP contribution in [-0.4, -0.2) is 35.7 Å². The van der Waals surface area contributed by atoms with E-state index in [1.807, 2.05) is 0 Å². The fourth-order valence-corrected chi connectivity index (χ4v) is 2.87. The van der Waals surface area contributed by atoms with Crippen molar-refractivity contribution in [3.63, 3.8) is 0 Å². The Morgan fingerprint density at radius 3 is 2.67 bits per heavy atom. The van der Waals surface area contributed by atoms with Gasteiger partial charge in [0.25, 0.3) is 0 Å². The molecule has 2 aliphatic rings. The van der Waals surface area contributed by atoms with Crippen LogP contribution in [0.3, 0.4) is 0 Å². The summed E-state index contributed by atoms with van der Waals surface area (Å²) in [7, 11) is 0. The Bertz CT molecular complexity index is 338. The molecular weight excluding hydrogens is 234 g/mol. The molecule has 0 bridgehead atoms. The van der Waals surface area contributed by atoms with Gasteiger partial charge < -0.3 is 15.2 Å². The standard InChI is InChI=1S/C13H21NO4/c1-13(12(16)17)7-3-2-6-10(13)14-11(15)9-5-4-8-18-9/h9-10H,2-8H2,1H3,(H,14,15)(H,16,17)/t9-,10?,13?/m0/s1. The van der Waals surface area contributed by atoms with Crippen LogP contribution in [0.15, 0.2) is 0 Å². The van der Waals surface area contributed by atoms with Gasteiger partial charge in [0.05, 0.1) is 5.41 Å². The molecular formula is C13H21NO4. The topological polar surface area (TPSA) is 75.6 Å². The molecule has 1 saturated heterocycles. The SMILES string of the molecule is CC1(C(=O)O)CCCCC1NC(=O)[C@@H]1CCCO1. The van der Waals surface area contributed by atoms with Crippen LogP contribution in [0.25, 0.3) is 0 Å². The molecule has 102 valence electrons. The van der Waals surface area contributed by atoms with Gasteiger partial charge in [-0.25, -0.2) is 0 Å². The van der Waals surface area contributed by atoms with E-state index in [4.69, 9.17) is 4.74 Å². The number of carboxylic acids is 1. The zero-order valence-corrected chi connectivity index (χ0v) is 10.8. The maximum absolute atomic E-state index is 12.0. The summed E-state index contributed by atoms with van der Waals surface area (Å²) in [4.78, 5) is 23.4. The molecule has 3 atom stereocenters. The van der Waals surface area contributed by atoms with Crippen molar-refractivity contribution in [2.45, 2.75) is 57.6 Å². The van der Waals surface area contributed by atoms with Crippen molar-refractivity contribution in [3.05, 3.63) is 0 Å². The predicted octanol–water partition coefficient (Wildman–Crippen LogP) is 1.32. The Balaban J connectivity index is 2.01. The maximum atomic E-state index is 12.0. The Labute approximate surface area is 107 Å². The number of nitrogens with one attached hydrogen (secondary N) is 1. The molecule has 2 unspecified atom stereocenters. The van der Waals surface area contributed by atoms with Crippen molar-refractivity contribution in [2.75, 3.05) is 6.61 Å². The van der Waals surface area contributed by atoms with E-state index in [0.29, 0.717) is 13.0 Å². The van der Waals surface area contributed by atoms with Gasteiger partial charge in [0.2, 0.25) is 5.91 Å². The monoisotopic (exact) mass is 255 g/mol. The summed E-state index contributed by atoms with van der Waals surface area (Å²) in [5, 5.41) is 12.3. The summed E-state index contributed by atoms with van der Waals surface area (Å²) in [5.74, 6) is -0.966. The molecule has 1 saturated carbocycles. The van der Waals surface area contributed by atoms with Crippen LogP contribution >= 0.6 is 0 Å². The van der Waals surface area contributed by atoms with E-state index in [-0.39, 0.29) is 18.1 Å². The van der Waals surface area contributed by atoms with E-state index in [1.165, 1.54) is 0 Å². The third kappa shape index (κ3) is 2.51. The minimum absolute atomic E-state index is 0.146. The zero-order chi connectivity index (χ0) is 13.2. The van der Waals surface area contributed by atoms with Crippen LogP contribution in [0.2, 0.25) is 0 Å². The smallest absolute Gasteiger partial charge is 0.311 e. The average Bonchev–Trinajstić information content (AvgIpc) is 2.85. The molecule has 0 aromatic carbocycles. The maximum Gasteiger partial charge on any atom is 0.311 e. The average molecular weight is 255 g/mol. The molecule has 1 heterocycles. The van der Waals surface area contributed by atoms with Gasteiger partial charge in [-0.15, -0.1) is 0 Å². The molecule has 2 fully saturated rings. The highest BCUT2D eigenvalue weighted by Gasteiger charge is 2.44. The number of carbonyl (C=O) groups excluding carboxylic acids is 1. The first-order chi connectivity index (χ1) is 8.54. The largest absolute Gasteiger partial charge is 0.481 e. The number of carboxylic acid groups (broad SMARTS) is 1. The molecule has 18 heavy (non-hydrogen) atoms. The van der Waals surface area contributed by atoms with Crippen LogP contribution in [-0.2, 0) is 14.3 Å². The lowest BCUT2D eigenvalue weighted by molar-refractivity contribution is -0.152. The van der Waals surface area contributed by atoms with Gasteiger partial charge in [-0.1, -0.05) is 12.8 Å². The number of hydrogen-bond acceptors (Lipinski definition) is 3. The van der Waals surface area contributed by atoms with Gasteiger partial charge >= 0.3 is 5.97 Å². The third-order valence-electron chi connectivity index (χ3n) is 4.24. The Morgan fingerprint density at radius 2 is 2.06 bits per heavy atom. The van der Waals surface area contributed by atoms with Crippen molar-refractivity contribution < 1.29 is 19.4 Å². The second-order valence-electron chi connectivity index (χ2n) is 5.53. The predicted molar refractivity (Wildman–Crippen MR) is 65.1 cm³/mol. The minimum atomic E-state index is -0.841. The van der Waals surface area contributed by atoms with E-state index in [1.54, 1.807) is 6.92 Å². The number of aliphatic carboxylic acids is 1. The lowest BCUT2D eigenvalue weighted by atomic mass is 9.71. The van der Waals surface area contributed by atoms with Crippen LogP contribution in [0.5, 0.6) is 0 Å². The van der Waals surface area contributed by atoms with Gasteiger partial charge in [-0.2, -0.15) is 0 Å². The highest BCUT2D eigenvalue weighted by Crippen LogP contribution is 2.36. The number of hydrogen-bond donors (Lipinski definition) is 2. The van der Waals surface area contributed by atoms with E-state index in [9.17, 15) is 14.7 Å². The molecule has 0 spiro atoms. The molecule has 2 rings (SSSR count). The molecule has 0 aromatic heterocycles. The van der Waals surface area contributed by atoms with Gasteiger partial charge in [-0.3, -0.25) is 9.59 Å². The molecule has 5 heteroatoms. The highest BCUT2D eigenvalue weighted by atomic mass is 16.5. The van der Waals surface area contributed by atoms with Crippen molar-refractivity contribution in [1.82, 2.24) is 5.32 Å². The molecule has 1 amide bonds. The van der Waals surface area contributed by atoms with Crippen LogP contribution < -0.4 is 5.32 Å². The number of carbonyl (C=O) groups is 2. The molecule has 2 N–H and O–H groups in total. The number of rotatable bonds is 3. The Hall–Kier alpha value is -1.10. The summed E-state index contributed by atoms with van der Waals surface area (Å²) >= 11 is 0. The molecule has 0 radical (unpaired) electrons. The van der Waals surface area contributed by atoms with Crippen LogP contribution in [0.1, 0.15) is 45.4 Å². The number of ether oxygens (including phenoxy) is 1. The van der Waals surface area contributed by atoms with Gasteiger partial charge in [0.1, 0.15) is 6.10 Å². The first-order valence-corrected chi connectivity index (χ1v) is 6.69. The van der Waals surface area contributed by atoms with Gasteiger partial charge in [-0.05, 0) is 32.6 Å². The summed E-state index contributed by atoms with van der Waals surface area (Å²) in [5.41, 5.74) is -0.841. The first-order valence-electron chi connectivity index (χ1n) is 6.69. The zero-order valence-electron chi connectivity index (χ0n) is 10.8. The van der Waals surface area contributed by atoms with E-state index < -0.39 is 11.4 Å². The second-order valence-corrected chi connectivity index (χ2v) is 5.53. The molecule has 0 aromatic rings. The van der Waals surface area contributed by atoms with E-state index in [0.717, 1.165) is 32.1 Å². The number of amides is 1. The Morgan fingerprint density at radius 1 is 1.28 bits per heavy atom. The van der Waals surface area contributed by atoms with E-state index in [2.05, 4.69) is 5.32 Å². The second kappa shape index (κ2) is 5.26. The van der Waals surface area contributed by atoms with E-state index >= 15 is 0 Å². The van der Waals surface area contributed by atoms with Crippen molar-refractivity contribution in [2.24, 2.45) is 5.41 Å². The van der Waals surface area contributed by atoms with Gasteiger partial charge in [0, 0.05) is 12.6 Å². The molecule has 1 aliphatic carbocycles. The lowest BCUT2D eigenvalue weighted by Gasteiger charge is -2.38.